The predicted molar refractivity (Wildman–Crippen MR) is 126 cm³/mol. The quantitative estimate of drug-likeness (QED) is 0.525. The molecule has 4 rings (SSSR count). The van der Waals surface area contributed by atoms with Gasteiger partial charge in [0.25, 0.3) is 5.91 Å². The van der Waals surface area contributed by atoms with Crippen LogP contribution in [0, 0.1) is 0 Å². The van der Waals surface area contributed by atoms with Gasteiger partial charge in [0.05, 0.1) is 16.8 Å². The molecular weight excluding hydrogens is 438 g/mol. The summed E-state index contributed by atoms with van der Waals surface area (Å²) in [6, 6.07) is 11.1. The highest BCUT2D eigenvalue weighted by Crippen LogP contribution is 2.34. The molecule has 7 nitrogen and oxygen atoms in total. The monoisotopic (exact) mass is 463 g/mol. The van der Waals surface area contributed by atoms with Crippen molar-refractivity contribution in [1.82, 2.24) is 9.88 Å². The Labute approximate surface area is 191 Å². The van der Waals surface area contributed by atoms with Gasteiger partial charge in [-0.25, -0.2) is 4.98 Å². The number of thiazole rings is 1. The standard InChI is InChI=1S/C22H25N3O4S.ClH/c1-4-27-16-6-7-17-20(14-16)30-22(23-17)25(10-9-24(2)3)21(26)15-5-8-18-19(13-15)29-12-11-28-18;/h5-8,13-14H,4,9-12H2,1-3H3;1H. The van der Waals surface area contributed by atoms with Crippen molar-refractivity contribution >= 4 is 45.0 Å². The van der Waals surface area contributed by atoms with E-state index in [0.29, 0.717) is 48.6 Å². The van der Waals surface area contributed by atoms with Crippen molar-refractivity contribution in [2.24, 2.45) is 0 Å². The molecule has 2 heterocycles. The van der Waals surface area contributed by atoms with Crippen LogP contribution in [0.1, 0.15) is 17.3 Å². The van der Waals surface area contributed by atoms with Crippen LogP contribution in [0.3, 0.4) is 0 Å². The molecule has 0 radical (unpaired) electrons. The number of anilines is 1. The molecule has 2 aromatic carbocycles. The van der Waals surface area contributed by atoms with E-state index in [4.69, 9.17) is 19.2 Å². The Kier molecular flexibility index (Phi) is 7.59. The number of rotatable bonds is 7. The zero-order valence-corrected chi connectivity index (χ0v) is 19.4. The summed E-state index contributed by atoms with van der Waals surface area (Å²) >= 11 is 1.49. The van der Waals surface area contributed by atoms with E-state index in [2.05, 4.69) is 0 Å². The van der Waals surface area contributed by atoms with Crippen molar-refractivity contribution in [2.45, 2.75) is 6.92 Å². The number of carbonyl (C=O) groups is 1. The first-order valence-corrected chi connectivity index (χ1v) is 10.8. The van der Waals surface area contributed by atoms with Crippen molar-refractivity contribution in [3.63, 3.8) is 0 Å². The Balaban J connectivity index is 0.00000272. The second kappa shape index (κ2) is 10.2. The lowest BCUT2D eigenvalue weighted by Gasteiger charge is -2.23. The zero-order chi connectivity index (χ0) is 21.1. The van der Waals surface area contributed by atoms with E-state index >= 15 is 0 Å². The minimum absolute atomic E-state index is 0. The Bertz CT molecular complexity index is 1060. The van der Waals surface area contributed by atoms with E-state index in [1.165, 1.54) is 11.3 Å². The molecule has 0 unspecified atom stereocenters. The largest absolute Gasteiger partial charge is 0.494 e. The molecule has 0 N–H and O–H groups in total. The molecule has 1 amide bonds. The Hall–Kier alpha value is -2.55. The highest BCUT2D eigenvalue weighted by Gasteiger charge is 2.23. The Morgan fingerprint density at radius 2 is 1.87 bits per heavy atom. The van der Waals surface area contributed by atoms with Crippen LogP contribution in [0.15, 0.2) is 36.4 Å². The number of carbonyl (C=O) groups excluding carboxylic acids is 1. The first-order valence-electron chi connectivity index (χ1n) is 9.95. The summed E-state index contributed by atoms with van der Waals surface area (Å²) in [4.78, 5) is 21.9. The van der Waals surface area contributed by atoms with Gasteiger partial charge < -0.3 is 19.1 Å². The van der Waals surface area contributed by atoms with Crippen molar-refractivity contribution in [3.05, 3.63) is 42.0 Å². The summed E-state index contributed by atoms with van der Waals surface area (Å²) in [7, 11) is 3.97. The minimum atomic E-state index is -0.113. The summed E-state index contributed by atoms with van der Waals surface area (Å²) in [6.45, 7) is 4.81. The van der Waals surface area contributed by atoms with E-state index in [-0.39, 0.29) is 18.3 Å². The zero-order valence-electron chi connectivity index (χ0n) is 17.8. The number of nitrogens with zero attached hydrogens (tertiary/aromatic N) is 3. The van der Waals surface area contributed by atoms with Crippen LogP contribution in [0.2, 0.25) is 0 Å². The molecule has 0 bridgehead atoms. The van der Waals surface area contributed by atoms with Gasteiger partial charge in [0, 0.05) is 18.7 Å². The fraction of sp³-hybridized carbons (Fsp3) is 0.364. The van der Waals surface area contributed by atoms with Gasteiger partial charge in [0.2, 0.25) is 0 Å². The van der Waals surface area contributed by atoms with E-state index in [1.54, 1.807) is 23.1 Å². The molecule has 0 atom stereocenters. The number of likely N-dealkylation sites (N-methyl/N-ethyl adjacent to an activating group) is 1. The molecule has 0 aliphatic carbocycles. The Morgan fingerprint density at radius 3 is 2.61 bits per heavy atom. The number of hydrogen-bond donors (Lipinski definition) is 0. The van der Waals surface area contributed by atoms with Gasteiger partial charge in [-0.15, -0.1) is 12.4 Å². The molecule has 166 valence electrons. The van der Waals surface area contributed by atoms with Crippen LogP contribution in [0.4, 0.5) is 5.13 Å². The molecule has 31 heavy (non-hydrogen) atoms. The number of ether oxygens (including phenoxy) is 3. The smallest absolute Gasteiger partial charge is 0.260 e. The van der Waals surface area contributed by atoms with Gasteiger partial charge in [0.15, 0.2) is 16.6 Å². The fourth-order valence-corrected chi connectivity index (χ4v) is 4.20. The third-order valence-electron chi connectivity index (χ3n) is 4.70. The number of benzene rings is 2. The fourth-order valence-electron chi connectivity index (χ4n) is 3.18. The summed E-state index contributed by atoms with van der Waals surface area (Å²) in [5, 5.41) is 0.667. The van der Waals surface area contributed by atoms with E-state index in [9.17, 15) is 4.79 Å². The Morgan fingerprint density at radius 1 is 1.10 bits per heavy atom. The molecule has 0 fully saturated rings. The van der Waals surface area contributed by atoms with Crippen LogP contribution in [0.25, 0.3) is 10.2 Å². The van der Waals surface area contributed by atoms with Gasteiger partial charge in [0.1, 0.15) is 19.0 Å². The maximum atomic E-state index is 13.4. The van der Waals surface area contributed by atoms with Crippen LogP contribution in [-0.2, 0) is 0 Å². The van der Waals surface area contributed by atoms with Gasteiger partial charge in [-0.2, -0.15) is 0 Å². The van der Waals surface area contributed by atoms with Crippen LogP contribution < -0.4 is 19.1 Å². The number of hydrogen-bond acceptors (Lipinski definition) is 7. The number of halogens is 1. The van der Waals surface area contributed by atoms with Gasteiger partial charge in [-0.3, -0.25) is 9.69 Å². The van der Waals surface area contributed by atoms with Crippen LogP contribution in [-0.4, -0.2) is 62.8 Å². The third kappa shape index (κ3) is 5.20. The highest BCUT2D eigenvalue weighted by atomic mass is 35.5. The number of amides is 1. The second-order valence-electron chi connectivity index (χ2n) is 7.18. The second-order valence-corrected chi connectivity index (χ2v) is 8.19. The van der Waals surface area contributed by atoms with Crippen LogP contribution in [0.5, 0.6) is 17.2 Å². The molecule has 1 aromatic heterocycles. The van der Waals surface area contributed by atoms with Gasteiger partial charge in [-0.05, 0) is 57.4 Å². The normalized spacial score (nSPS) is 12.5. The lowest BCUT2D eigenvalue weighted by Crippen LogP contribution is -2.36. The summed E-state index contributed by atoms with van der Waals surface area (Å²) in [5.41, 5.74) is 1.40. The molecule has 9 heteroatoms. The number of fused-ring (bicyclic) bond motifs is 2. The summed E-state index contributed by atoms with van der Waals surface area (Å²) in [6.07, 6.45) is 0. The molecule has 1 aliphatic heterocycles. The number of aromatic nitrogens is 1. The first kappa shape index (κ1) is 23.1. The average Bonchev–Trinajstić information content (AvgIpc) is 3.16. The first-order chi connectivity index (χ1) is 14.5. The third-order valence-corrected chi connectivity index (χ3v) is 5.74. The molecule has 0 spiro atoms. The summed E-state index contributed by atoms with van der Waals surface area (Å²) in [5.74, 6) is 1.96. The molecular formula is C22H26ClN3O4S. The lowest BCUT2D eigenvalue weighted by molar-refractivity contribution is 0.0984. The maximum Gasteiger partial charge on any atom is 0.260 e. The minimum Gasteiger partial charge on any atom is -0.494 e. The van der Waals surface area contributed by atoms with Crippen molar-refractivity contribution < 1.29 is 19.0 Å². The highest BCUT2D eigenvalue weighted by molar-refractivity contribution is 7.22. The molecule has 3 aromatic rings. The van der Waals surface area contributed by atoms with Crippen molar-refractivity contribution in [2.75, 3.05) is 51.9 Å². The van der Waals surface area contributed by atoms with E-state index < -0.39 is 0 Å². The molecule has 0 saturated carbocycles. The SMILES string of the molecule is CCOc1ccc2nc(N(CCN(C)C)C(=O)c3ccc4c(c3)OCCO4)sc2c1.Cl. The topological polar surface area (TPSA) is 64.1 Å². The maximum absolute atomic E-state index is 13.4. The van der Waals surface area contributed by atoms with Crippen LogP contribution >= 0.6 is 23.7 Å². The summed E-state index contributed by atoms with van der Waals surface area (Å²) < 4.78 is 17.8. The van der Waals surface area contributed by atoms with Crippen molar-refractivity contribution in [1.29, 1.82) is 0 Å². The average molecular weight is 464 g/mol. The van der Waals surface area contributed by atoms with Crippen molar-refractivity contribution in [3.8, 4) is 17.2 Å². The predicted octanol–water partition coefficient (Wildman–Crippen LogP) is 4.10. The van der Waals surface area contributed by atoms with Gasteiger partial charge >= 0.3 is 0 Å². The van der Waals surface area contributed by atoms with Gasteiger partial charge in [-0.1, -0.05) is 11.3 Å². The lowest BCUT2D eigenvalue weighted by atomic mass is 10.1. The van der Waals surface area contributed by atoms with E-state index in [0.717, 1.165) is 22.5 Å². The molecule has 1 aliphatic rings. The van der Waals surface area contributed by atoms with E-state index in [1.807, 2.05) is 44.1 Å². The molecule has 0 saturated heterocycles.